The van der Waals surface area contributed by atoms with Crippen LogP contribution in [0.2, 0.25) is 0 Å². The van der Waals surface area contributed by atoms with Crippen molar-refractivity contribution in [3.63, 3.8) is 0 Å². The smallest absolute Gasteiger partial charge is 0.137 e. The lowest BCUT2D eigenvalue weighted by Gasteiger charge is -2.30. The molecule has 1 aromatic heterocycles. The minimum atomic E-state index is -0.191. The number of nitrogens with two attached hydrogens (primary N) is 1. The minimum Gasteiger partial charge on any atom is -0.459 e. The number of hydrogen-bond acceptors (Lipinski definition) is 2. The van der Waals surface area contributed by atoms with Crippen molar-refractivity contribution >= 4 is 11.0 Å². The molecule has 1 unspecified atom stereocenters. The van der Waals surface area contributed by atoms with Crippen LogP contribution in [-0.4, -0.2) is 0 Å². The molecule has 0 aliphatic heterocycles. The maximum Gasteiger partial charge on any atom is 0.137 e. The van der Waals surface area contributed by atoms with E-state index < -0.39 is 0 Å². The van der Waals surface area contributed by atoms with E-state index in [1.807, 2.05) is 24.3 Å². The SMILES string of the molecule is Cc1cccc2cc(C(N)C(C)(C)c3ccccc3)oc12. The topological polar surface area (TPSA) is 39.2 Å². The maximum absolute atomic E-state index is 6.52. The molecular formula is C19H21NO. The van der Waals surface area contributed by atoms with Crippen molar-refractivity contribution in [1.82, 2.24) is 0 Å². The molecule has 0 bridgehead atoms. The maximum atomic E-state index is 6.52. The molecule has 1 atom stereocenters. The van der Waals surface area contributed by atoms with E-state index in [9.17, 15) is 0 Å². The van der Waals surface area contributed by atoms with E-state index in [2.05, 4.69) is 51.1 Å². The summed E-state index contributed by atoms with van der Waals surface area (Å²) >= 11 is 0. The predicted octanol–water partition coefficient (Wildman–Crippen LogP) is 4.72. The molecule has 0 saturated carbocycles. The van der Waals surface area contributed by atoms with Crippen LogP contribution in [0.15, 0.2) is 59.0 Å². The van der Waals surface area contributed by atoms with Crippen molar-refractivity contribution in [1.29, 1.82) is 0 Å². The second kappa shape index (κ2) is 5.05. The average Bonchev–Trinajstić information content (AvgIpc) is 2.93. The quantitative estimate of drug-likeness (QED) is 0.753. The molecule has 0 amide bonds. The van der Waals surface area contributed by atoms with Gasteiger partial charge in [0.2, 0.25) is 0 Å². The number of hydrogen-bond donors (Lipinski definition) is 1. The number of rotatable bonds is 3. The van der Waals surface area contributed by atoms with E-state index >= 15 is 0 Å². The van der Waals surface area contributed by atoms with Gasteiger partial charge in [0, 0.05) is 10.8 Å². The first-order valence-corrected chi connectivity index (χ1v) is 7.30. The Hall–Kier alpha value is -2.06. The van der Waals surface area contributed by atoms with E-state index in [-0.39, 0.29) is 11.5 Å². The Morgan fingerprint density at radius 1 is 1.00 bits per heavy atom. The van der Waals surface area contributed by atoms with Gasteiger partial charge in [0.1, 0.15) is 11.3 Å². The van der Waals surface area contributed by atoms with Gasteiger partial charge < -0.3 is 10.2 Å². The van der Waals surface area contributed by atoms with Gasteiger partial charge in [-0.05, 0) is 24.1 Å². The third-order valence-electron chi connectivity index (χ3n) is 4.36. The van der Waals surface area contributed by atoms with Crippen molar-refractivity contribution < 1.29 is 4.42 Å². The van der Waals surface area contributed by atoms with Gasteiger partial charge in [0.05, 0.1) is 6.04 Å². The van der Waals surface area contributed by atoms with Crippen LogP contribution in [-0.2, 0) is 5.41 Å². The number of aryl methyl sites for hydroxylation is 1. The molecule has 2 aromatic carbocycles. The second-order valence-corrected chi connectivity index (χ2v) is 6.21. The van der Waals surface area contributed by atoms with Crippen LogP contribution in [0.4, 0.5) is 0 Å². The van der Waals surface area contributed by atoms with E-state index in [0.29, 0.717) is 0 Å². The predicted molar refractivity (Wildman–Crippen MR) is 87.3 cm³/mol. The third-order valence-corrected chi connectivity index (χ3v) is 4.36. The second-order valence-electron chi connectivity index (χ2n) is 6.21. The van der Waals surface area contributed by atoms with Gasteiger partial charge in [0.15, 0.2) is 0 Å². The number of fused-ring (bicyclic) bond motifs is 1. The van der Waals surface area contributed by atoms with E-state index in [1.54, 1.807) is 0 Å². The standard InChI is InChI=1S/C19H21NO/c1-13-8-7-9-14-12-16(21-17(13)14)18(20)19(2,3)15-10-5-4-6-11-15/h4-12,18H,20H2,1-3H3. The Morgan fingerprint density at radius 3 is 2.38 bits per heavy atom. The Bertz CT molecular complexity index is 756. The molecule has 0 aliphatic rings. The van der Waals surface area contributed by atoms with Gasteiger partial charge in [-0.3, -0.25) is 0 Å². The molecule has 3 rings (SSSR count). The summed E-state index contributed by atoms with van der Waals surface area (Å²) in [6.45, 7) is 6.38. The molecule has 2 nitrogen and oxygen atoms in total. The van der Waals surface area contributed by atoms with Crippen molar-refractivity contribution in [3.8, 4) is 0 Å². The Morgan fingerprint density at radius 2 is 1.71 bits per heavy atom. The fraction of sp³-hybridized carbons (Fsp3) is 0.263. The normalized spacial score (nSPS) is 13.5. The molecule has 0 aliphatic carbocycles. The van der Waals surface area contributed by atoms with Crippen molar-refractivity contribution in [2.45, 2.75) is 32.2 Å². The fourth-order valence-electron chi connectivity index (χ4n) is 2.78. The van der Waals surface area contributed by atoms with Crippen LogP contribution in [0.3, 0.4) is 0 Å². The van der Waals surface area contributed by atoms with Crippen LogP contribution >= 0.6 is 0 Å². The molecule has 0 radical (unpaired) electrons. The Balaban J connectivity index is 2.04. The van der Waals surface area contributed by atoms with Crippen molar-refractivity contribution in [3.05, 3.63) is 71.5 Å². The van der Waals surface area contributed by atoms with Crippen LogP contribution in [0.5, 0.6) is 0 Å². The summed E-state index contributed by atoms with van der Waals surface area (Å²) in [6.07, 6.45) is 0. The summed E-state index contributed by atoms with van der Waals surface area (Å²) in [7, 11) is 0. The van der Waals surface area contributed by atoms with Gasteiger partial charge in [0.25, 0.3) is 0 Å². The molecule has 1 heterocycles. The number of benzene rings is 2. The van der Waals surface area contributed by atoms with E-state index in [4.69, 9.17) is 10.2 Å². The first-order chi connectivity index (χ1) is 10.00. The summed E-state index contributed by atoms with van der Waals surface area (Å²) in [5.74, 6) is 0.841. The van der Waals surface area contributed by atoms with Crippen molar-refractivity contribution in [2.75, 3.05) is 0 Å². The molecule has 108 valence electrons. The van der Waals surface area contributed by atoms with Crippen LogP contribution in [0.25, 0.3) is 11.0 Å². The largest absolute Gasteiger partial charge is 0.459 e. The third kappa shape index (κ3) is 2.36. The van der Waals surface area contributed by atoms with Crippen LogP contribution in [0, 0.1) is 6.92 Å². The molecule has 2 heteroatoms. The highest BCUT2D eigenvalue weighted by Crippen LogP contribution is 2.37. The highest BCUT2D eigenvalue weighted by atomic mass is 16.3. The summed E-state index contributed by atoms with van der Waals surface area (Å²) in [6, 6.07) is 18.4. The summed E-state index contributed by atoms with van der Waals surface area (Å²) in [4.78, 5) is 0. The fourth-order valence-corrected chi connectivity index (χ4v) is 2.78. The lowest BCUT2D eigenvalue weighted by molar-refractivity contribution is 0.362. The molecule has 0 fully saturated rings. The Labute approximate surface area is 125 Å². The van der Waals surface area contributed by atoms with Gasteiger partial charge in [-0.2, -0.15) is 0 Å². The summed E-state index contributed by atoms with van der Waals surface area (Å²) < 4.78 is 6.04. The lowest BCUT2D eigenvalue weighted by atomic mass is 9.77. The lowest BCUT2D eigenvalue weighted by Crippen LogP contribution is -2.32. The summed E-state index contributed by atoms with van der Waals surface area (Å²) in [5, 5.41) is 1.12. The van der Waals surface area contributed by atoms with Crippen LogP contribution in [0.1, 0.15) is 36.8 Å². The Kier molecular flexibility index (Phi) is 3.34. The van der Waals surface area contributed by atoms with Gasteiger partial charge in [-0.1, -0.05) is 62.4 Å². The highest BCUT2D eigenvalue weighted by Gasteiger charge is 2.32. The molecule has 0 spiro atoms. The van der Waals surface area contributed by atoms with Crippen LogP contribution < -0.4 is 5.73 Å². The molecule has 0 saturated heterocycles. The van der Waals surface area contributed by atoms with Crippen molar-refractivity contribution in [2.24, 2.45) is 5.73 Å². The van der Waals surface area contributed by atoms with E-state index in [1.165, 1.54) is 5.56 Å². The average molecular weight is 279 g/mol. The zero-order valence-electron chi connectivity index (χ0n) is 12.8. The minimum absolute atomic E-state index is 0.188. The zero-order valence-corrected chi connectivity index (χ0v) is 12.8. The number of furan rings is 1. The van der Waals surface area contributed by atoms with Gasteiger partial charge in [-0.25, -0.2) is 0 Å². The molecule has 3 aromatic rings. The first-order valence-electron chi connectivity index (χ1n) is 7.30. The van der Waals surface area contributed by atoms with Gasteiger partial charge >= 0.3 is 0 Å². The molecule has 21 heavy (non-hydrogen) atoms. The highest BCUT2D eigenvalue weighted by molar-refractivity contribution is 5.81. The monoisotopic (exact) mass is 279 g/mol. The van der Waals surface area contributed by atoms with Gasteiger partial charge in [-0.15, -0.1) is 0 Å². The zero-order chi connectivity index (χ0) is 15.0. The van der Waals surface area contributed by atoms with E-state index in [0.717, 1.165) is 22.3 Å². The number of para-hydroxylation sites is 1. The summed E-state index contributed by atoms with van der Waals surface area (Å²) in [5.41, 5.74) is 9.63. The molecular weight excluding hydrogens is 258 g/mol. The first kappa shape index (κ1) is 13.9. The molecule has 2 N–H and O–H groups in total.